The minimum Gasteiger partial charge on any atom is -0.488 e. The van der Waals surface area contributed by atoms with Crippen LogP contribution < -0.4 is 14.8 Å². The van der Waals surface area contributed by atoms with Crippen molar-refractivity contribution in [1.29, 1.82) is 0 Å². The monoisotopic (exact) mass is 528 g/mol. The highest BCUT2D eigenvalue weighted by Crippen LogP contribution is 2.36. The first kappa shape index (κ1) is 24.9. The first-order valence-electron chi connectivity index (χ1n) is 13.6. The van der Waals surface area contributed by atoms with Gasteiger partial charge in [-0.05, 0) is 62.1 Å². The zero-order chi connectivity index (χ0) is 25.4. The van der Waals surface area contributed by atoms with E-state index in [1.54, 1.807) is 6.20 Å². The maximum Gasteiger partial charge on any atom is 0.226 e. The molecular weight excluding hydrogens is 492 g/mol. The van der Waals surface area contributed by atoms with E-state index in [0.717, 1.165) is 61.5 Å². The third kappa shape index (κ3) is 5.71. The van der Waals surface area contributed by atoms with Crippen LogP contribution in [-0.2, 0) is 14.8 Å². The van der Waals surface area contributed by atoms with E-state index < -0.39 is 10.0 Å². The van der Waals surface area contributed by atoms with Crippen LogP contribution in [-0.4, -0.2) is 72.5 Å². The number of rotatable bonds is 9. The predicted octanol–water partition coefficient (Wildman–Crippen LogP) is 3.86. The molecular formula is C27H36N4O5S. The minimum atomic E-state index is -3.18. The van der Waals surface area contributed by atoms with E-state index in [1.807, 2.05) is 24.3 Å². The molecule has 1 N–H and O–H groups in total. The molecule has 1 aromatic carbocycles. The number of ether oxygens (including phenoxy) is 3. The molecule has 1 atom stereocenters. The molecule has 9 nitrogen and oxygen atoms in total. The maximum absolute atomic E-state index is 12.5. The number of hydrogen-bond acceptors (Lipinski definition) is 8. The molecule has 0 radical (unpaired) electrons. The second-order valence-corrected chi connectivity index (χ2v) is 13.2. The molecule has 4 fully saturated rings. The lowest BCUT2D eigenvalue weighted by atomic mass is 9.87. The van der Waals surface area contributed by atoms with Gasteiger partial charge in [0, 0.05) is 18.7 Å². The Balaban J connectivity index is 1.18. The highest BCUT2D eigenvalue weighted by atomic mass is 32.2. The summed E-state index contributed by atoms with van der Waals surface area (Å²) in [5.41, 5.74) is 1.70. The lowest BCUT2D eigenvalue weighted by Crippen LogP contribution is -2.56. The molecule has 4 aliphatic rings. The summed E-state index contributed by atoms with van der Waals surface area (Å²) in [6.45, 7) is 4.39. The summed E-state index contributed by atoms with van der Waals surface area (Å²) in [6, 6.07) is 8.21. The van der Waals surface area contributed by atoms with Crippen LogP contribution in [0.1, 0.15) is 51.9 Å². The van der Waals surface area contributed by atoms with Crippen LogP contribution in [0.3, 0.4) is 0 Å². The van der Waals surface area contributed by atoms with Gasteiger partial charge in [0.25, 0.3) is 0 Å². The Bertz CT molecular complexity index is 1180. The van der Waals surface area contributed by atoms with Crippen molar-refractivity contribution in [2.45, 2.75) is 75.4 Å². The average molecular weight is 529 g/mol. The number of hydrogen-bond donors (Lipinski definition) is 1. The van der Waals surface area contributed by atoms with E-state index >= 15 is 0 Å². The second-order valence-electron chi connectivity index (χ2n) is 10.9. The third-order valence-corrected chi connectivity index (χ3v) is 10.2. The smallest absolute Gasteiger partial charge is 0.226 e. The molecule has 1 aromatic heterocycles. The molecule has 2 aromatic rings. The van der Waals surface area contributed by atoms with Crippen LogP contribution in [0.15, 0.2) is 30.5 Å². The van der Waals surface area contributed by atoms with Gasteiger partial charge in [-0.2, -0.15) is 9.29 Å². The SMILES string of the molecule is CC1CCC(Nc2ncc(-c3ccc(O[C@H]4CCOC4)cc3)c(OC3CN(S(=O)(=O)C4CC4)C3)n2)CC1. The minimum absolute atomic E-state index is 0.0923. The van der Waals surface area contributed by atoms with Crippen LogP contribution in [0.25, 0.3) is 11.1 Å². The van der Waals surface area contributed by atoms with Gasteiger partial charge in [-0.1, -0.05) is 19.1 Å². The first-order valence-corrected chi connectivity index (χ1v) is 15.1. The van der Waals surface area contributed by atoms with Gasteiger partial charge >= 0.3 is 0 Å². The van der Waals surface area contributed by atoms with E-state index in [-0.39, 0.29) is 17.5 Å². The van der Waals surface area contributed by atoms with Crippen molar-refractivity contribution in [3.63, 3.8) is 0 Å². The van der Waals surface area contributed by atoms with E-state index in [9.17, 15) is 8.42 Å². The fourth-order valence-corrected chi connectivity index (χ4v) is 7.14. The fraction of sp³-hybridized carbons (Fsp3) is 0.630. The fourth-order valence-electron chi connectivity index (χ4n) is 5.24. The van der Waals surface area contributed by atoms with Gasteiger partial charge in [-0.25, -0.2) is 13.4 Å². The first-order chi connectivity index (χ1) is 17.9. The summed E-state index contributed by atoms with van der Waals surface area (Å²) < 4.78 is 44.3. The Kier molecular flexibility index (Phi) is 6.98. The Morgan fingerprint density at radius 3 is 2.41 bits per heavy atom. The number of aromatic nitrogens is 2. The van der Waals surface area contributed by atoms with Gasteiger partial charge in [0.15, 0.2) is 0 Å². The normalized spacial score (nSPS) is 27.0. The molecule has 0 bridgehead atoms. The van der Waals surface area contributed by atoms with Crippen molar-refractivity contribution in [3.05, 3.63) is 30.5 Å². The number of benzene rings is 1. The molecule has 2 aliphatic carbocycles. The second kappa shape index (κ2) is 10.4. The summed E-state index contributed by atoms with van der Waals surface area (Å²) in [7, 11) is -3.18. The summed E-state index contributed by atoms with van der Waals surface area (Å²) in [4.78, 5) is 9.38. The van der Waals surface area contributed by atoms with Crippen molar-refractivity contribution in [1.82, 2.24) is 14.3 Å². The molecule has 0 unspecified atom stereocenters. The number of anilines is 1. The molecule has 10 heteroatoms. The van der Waals surface area contributed by atoms with Crippen LogP contribution in [0, 0.1) is 5.92 Å². The predicted molar refractivity (Wildman–Crippen MR) is 140 cm³/mol. The van der Waals surface area contributed by atoms with E-state index in [1.165, 1.54) is 17.1 Å². The summed E-state index contributed by atoms with van der Waals surface area (Å²) in [5.74, 6) is 2.60. The molecule has 37 heavy (non-hydrogen) atoms. The molecule has 6 rings (SSSR count). The van der Waals surface area contributed by atoms with Crippen molar-refractivity contribution >= 4 is 16.0 Å². The molecule has 0 spiro atoms. The largest absolute Gasteiger partial charge is 0.488 e. The Morgan fingerprint density at radius 1 is 0.973 bits per heavy atom. The number of nitrogens with zero attached hydrogens (tertiary/aromatic N) is 3. The van der Waals surface area contributed by atoms with Crippen molar-refractivity contribution in [2.24, 2.45) is 5.92 Å². The van der Waals surface area contributed by atoms with Gasteiger partial charge < -0.3 is 19.5 Å². The van der Waals surface area contributed by atoms with E-state index in [2.05, 4.69) is 17.2 Å². The van der Waals surface area contributed by atoms with Crippen LogP contribution in [0.5, 0.6) is 11.6 Å². The molecule has 2 saturated heterocycles. The van der Waals surface area contributed by atoms with Crippen molar-refractivity contribution < 1.29 is 22.6 Å². The standard InChI is InChI=1S/C27H36N4O5S/c1-18-2-6-20(7-3-18)29-27-28-14-25(19-4-8-21(9-5-19)35-22-12-13-34-17-22)26(30-27)36-23-15-31(16-23)37(32,33)24-10-11-24/h4-5,8-9,14,18,20,22-24H,2-3,6-7,10-13,15-17H2,1H3,(H,28,29,30)/t18?,20?,22-/m0/s1. The summed E-state index contributed by atoms with van der Waals surface area (Å²) in [5, 5.41) is 3.29. The summed E-state index contributed by atoms with van der Waals surface area (Å²) >= 11 is 0. The third-order valence-electron chi connectivity index (χ3n) is 7.86. The molecule has 2 saturated carbocycles. The van der Waals surface area contributed by atoms with Gasteiger partial charge in [-0.3, -0.25) is 0 Å². The van der Waals surface area contributed by atoms with Gasteiger partial charge in [-0.15, -0.1) is 0 Å². The van der Waals surface area contributed by atoms with Crippen LogP contribution in [0.4, 0.5) is 5.95 Å². The van der Waals surface area contributed by atoms with Crippen molar-refractivity contribution in [2.75, 3.05) is 31.6 Å². The quantitative estimate of drug-likeness (QED) is 0.524. The summed E-state index contributed by atoms with van der Waals surface area (Å²) in [6.07, 6.45) is 8.71. The Hall–Kier alpha value is -2.43. The highest BCUT2D eigenvalue weighted by molar-refractivity contribution is 7.90. The molecule has 0 amide bonds. The van der Waals surface area contributed by atoms with Crippen LogP contribution in [0.2, 0.25) is 0 Å². The molecule has 200 valence electrons. The Morgan fingerprint density at radius 2 is 1.73 bits per heavy atom. The average Bonchev–Trinajstić information content (AvgIpc) is 3.62. The van der Waals surface area contributed by atoms with Gasteiger partial charge in [0.2, 0.25) is 21.9 Å². The van der Waals surface area contributed by atoms with Crippen LogP contribution >= 0.6 is 0 Å². The van der Waals surface area contributed by atoms with Crippen molar-refractivity contribution in [3.8, 4) is 22.8 Å². The lowest BCUT2D eigenvalue weighted by Gasteiger charge is -2.38. The van der Waals surface area contributed by atoms with E-state index in [4.69, 9.17) is 19.2 Å². The zero-order valence-corrected chi connectivity index (χ0v) is 22.2. The number of nitrogens with one attached hydrogen (secondary N) is 1. The Labute approximate surface area is 219 Å². The number of sulfonamides is 1. The lowest BCUT2D eigenvalue weighted by molar-refractivity contribution is 0.0725. The molecule has 3 heterocycles. The zero-order valence-electron chi connectivity index (χ0n) is 21.3. The highest BCUT2D eigenvalue weighted by Gasteiger charge is 2.46. The van der Waals surface area contributed by atoms with Gasteiger partial charge in [0.1, 0.15) is 18.0 Å². The van der Waals surface area contributed by atoms with E-state index in [0.29, 0.717) is 37.6 Å². The molecule has 2 aliphatic heterocycles. The maximum atomic E-state index is 12.5. The van der Waals surface area contributed by atoms with Gasteiger partial charge in [0.05, 0.1) is 37.1 Å². The topological polar surface area (TPSA) is 103 Å².